The highest BCUT2D eigenvalue weighted by atomic mass is 32.2. The van der Waals surface area contributed by atoms with Crippen molar-refractivity contribution in [2.45, 2.75) is 9.99 Å². The summed E-state index contributed by atoms with van der Waals surface area (Å²) in [4.78, 5) is -0.674. The van der Waals surface area contributed by atoms with Crippen molar-refractivity contribution in [3.05, 3.63) is 0 Å². The van der Waals surface area contributed by atoms with E-state index in [9.17, 15) is 0 Å². The fourth-order valence-electron chi connectivity index (χ4n) is 1.34. The SMILES string of the molecule is CO[C@]1([C@@]2(OC)N=NCS2)CN=NS1. The lowest BCUT2D eigenvalue weighted by Crippen LogP contribution is -2.50. The molecule has 78 valence electrons. The summed E-state index contributed by atoms with van der Waals surface area (Å²) in [5.74, 6) is 0.583. The Morgan fingerprint density at radius 3 is 2.50 bits per heavy atom. The van der Waals surface area contributed by atoms with Gasteiger partial charge in [0.1, 0.15) is 12.4 Å². The summed E-state index contributed by atoms with van der Waals surface area (Å²) in [6.45, 7) is 0.439. The fourth-order valence-corrected chi connectivity index (χ4v) is 3.20. The Kier molecular flexibility index (Phi) is 2.78. The third kappa shape index (κ3) is 1.28. The van der Waals surface area contributed by atoms with E-state index in [1.165, 1.54) is 23.7 Å². The Labute approximate surface area is 90.1 Å². The molecule has 6 nitrogen and oxygen atoms in total. The van der Waals surface area contributed by atoms with Crippen LogP contribution < -0.4 is 0 Å². The molecule has 0 radical (unpaired) electrons. The molecule has 2 atom stereocenters. The van der Waals surface area contributed by atoms with Gasteiger partial charge < -0.3 is 9.47 Å². The molecule has 14 heavy (non-hydrogen) atoms. The van der Waals surface area contributed by atoms with Gasteiger partial charge in [-0.15, -0.1) is 9.63 Å². The quantitative estimate of drug-likeness (QED) is 0.699. The predicted octanol–water partition coefficient (Wildman–Crippen LogP) is 1.90. The molecule has 0 saturated heterocycles. The molecular weight excluding hydrogens is 224 g/mol. The molecule has 0 unspecified atom stereocenters. The molecule has 2 heterocycles. The van der Waals surface area contributed by atoms with E-state index in [-0.39, 0.29) is 0 Å². The number of hydrogen-bond acceptors (Lipinski definition) is 8. The molecule has 0 aliphatic carbocycles. The molecule has 0 saturated carbocycles. The smallest absolute Gasteiger partial charge is 0.270 e. The average molecular weight is 234 g/mol. The first-order chi connectivity index (χ1) is 6.79. The molecule has 0 spiro atoms. The highest BCUT2D eigenvalue weighted by molar-refractivity contribution is 8.04. The van der Waals surface area contributed by atoms with Crippen LogP contribution in [0, 0.1) is 0 Å². The van der Waals surface area contributed by atoms with Crippen molar-refractivity contribution in [3.8, 4) is 0 Å². The topological polar surface area (TPSA) is 67.9 Å². The van der Waals surface area contributed by atoms with E-state index < -0.39 is 9.99 Å². The largest absolute Gasteiger partial charge is 0.358 e. The number of hydrogen-bond donors (Lipinski definition) is 0. The van der Waals surface area contributed by atoms with Crippen molar-refractivity contribution in [1.29, 1.82) is 0 Å². The van der Waals surface area contributed by atoms with Gasteiger partial charge in [-0.3, -0.25) is 0 Å². The molecule has 0 N–H and O–H groups in total. The van der Waals surface area contributed by atoms with Crippen LogP contribution in [0.2, 0.25) is 0 Å². The van der Waals surface area contributed by atoms with Crippen molar-refractivity contribution in [2.24, 2.45) is 19.9 Å². The molecule has 2 aliphatic rings. The third-order valence-electron chi connectivity index (χ3n) is 2.13. The summed E-state index contributed by atoms with van der Waals surface area (Å²) in [6.07, 6.45) is 0. The second kappa shape index (κ2) is 3.76. The Bertz CT molecular complexity index is 277. The molecule has 8 heteroatoms. The monoisotopic (exact) mass is 234 g/mol. The van der Waals surface area contributed by atoms with Crippen LogP contribution in [0.15, 0.2) is 19.9 Å². The van der Waals surface area contributed by atoms with Gasteiger partial charge in [0.25, 0.3) is 5.06 Å². The maximum atomic E-state index is 5.45. The summed E-state index contributed by atoms with van der Waals surface area (Å²) in [6, 6.07) is 0. The van der Waals surface area contributed by atoms with E-state index in [1.54, 1.807) is 14.2 Å². The lowest BCUT2D eigenvalue weighted by atomic mass is 10.3. The van der Waals surface area contributed by atoms with Crippen molar-refractivity contribution in [2.75, 3.05) is 26.6 Å². The van der Waals surface area contributed by atoms with Gasteiger partial charge in [-0.1, -0.05) is 11.8 Å². The highest BCUT2D eigenvalue weighted by Gasteiger charge is 2.59. The van der Waals surface area contributed by atoms with Crippen LogP contribution in [-0.2, 0) is 9.47 Å². The molecule has 0 amide bonds. The highest BCUT2D eigenvalue weighted by Crippen LogP contribution is 2.52. The molecule has 2 aliphatic heterocycles. The van der Waals surface area contributed by atoms with E-state index in [0.717, 1.165) is 0 Å². The number of thioether (sulfide) groups is 1. The fraction of sp³-hybridized carbons (Fsp3) is 1.00. The van der Waals surface area contributed by atoms with Crippen molar-refractivity contribution < 1.29 is 9.47 Å². The second-order valence-electron chi connectivity index (χ2n) is 2.73. The summed E-state index contributed by atoms with van der Waals surface area (Å²) in [7, 11) is 3.20. The molecule has 0 bridgehead atoms. The van der Waals surface area contributed by atoms with Gasteiger partial charge in [-0.25, -0.2) is 0 Å². The maximum absolute atomic E-state index is 5.45. The minimum Gasteiger partial charge on any atom is -0.358 e. The Hall–Kier alpha value is -0.180. The molecule has 0 aromatic rings. The summed E-state index contributed by atoms with van der Waals surface area (Å²) in [5.41, 5.74) is 0. The normalized spacial score (nSPS) is 41.0. The minimum atomic E-state index is -0.810. The summed E-state index contributed by atoms with van der Waals surface area (Å²) in [5, 5.41) is 11.1. The van der Waals surface area contributed by atoms with Crippen molar-refractivity contribution >= 4 is 23.7 Å². The van der Waals surface area contributed by atoms with Crippen molar-refractivity contribution in [3.63, 3.8) is 0 Å². The predicted molar refractivity (Wildman–Crippen MR) is 54.1 cm³/mol. The summed E-state index contributed by atoms with van der Waals surface area (Å²) >= 11 is 2.74. The number of nitrogens with zero attached hydrogens (tertiary/aromatic N) is 4. The summed E-state index contributed by atoms with van der Waals surface area (Å²) < 4.78 is 14.7. The number of azo groups is 1. The Morgan fingerprint density at radius 1 is 1.21 bits per heavy atom. The van der Waals surface area contributed by atoms with Crippen LogP contribution in [-0.4, -0.2) is 36.6 Å². The van der Waals surface area contributed by atoms with Crippen LogP contribution >= 0.6 is 23.7 Å². The minimum absolute atomic E-state index is 0.439. The lowest BCUT2D eigenvalue weighted by Gasteiger charge is -2.36. The van der Waals surface area contributed by atoms with Crippen LogP contribution in [0.4, 0.5) is 0 Å². The van der Waals surface area contributed by atoms with Crippen LogP contribution in [0.25, 0.3) is 0 Å². The molecular formula is C6H10N4O2S2. The standard InChI is InChI=1S/C6H10N4O2S2/c1-11-5(3-7-10-14-5)6(12-2)9-8-4-13-6/h3-4H2,1-2H3/t5-,6+/m1/s1. The molecule has 0 aromatic heterocycles. The van der Waals surface area contributed by atoms with E-state index in [4.69, 9.17) is 9.47 Å². The Balaban J connectivity index is 2.29. The molecule has 2 rings (SSSR count). The third-order valence-corrected chi connectivity index (χ3v) is 4.54. The van der Waals surface area contributed by atoms with Gasteiger partial charge in [0.2, 0.25) is 4.93 Å². The number of methoxy groups -OCH3 is 2. The van der Waals surface area contributed by atoms with E-state index in [1.807, 2.05) is 0 Å². The van der Waals surface area contributed by atoms with Crippen LogP contribution in [0.5, 0.6) is 0 Å². The second-order valence-corrected chi connectivity index (χ2v) is 4.84. The van der Waals surface area contributed by atoms with Gasteiger partial charge in [-0.05, 0) is 0 Å². The van der Waals surface area contributed by atoms with Crippen molar-refractivity contribution in [1.82, 2.24) is 0 Å². The molecule has 0 aromatic carbocycles. The maximum Gasteiger partial charge on any atom is 0.270 e. The van der Waals surface area contributed by atoms with Crippen LogP contribution in [0.1, 0.15) is 0 Å². The van der Waals surface area contributed by atoms with E-state index >= 15 is 0 Å². The Morgan fingerprint density at radius 2 is 2.07 bits per heavy atom. The zero-order valence-corrected chi connectivity index (χ0v) is 9.47. The zero-order valence-electron chi connectivity index (χ0n) is 7.84. The average Bonchev–Trinajstić information content (AvgIpc) is 2.88. The first-order valence-corrected chi connectivity index (χ1v) is 5.72. The zero-order chi connectivity index (χ0) is 10.1. The number of ether oxygens (including phenoxy) is 2. The van der Waals surface area contributed by atoms with E-state index in [0.29, 0.717) is 12.4 Å². The molecule has 0 fully saturated rings. The van der Waals surface area contributed by atoms with Gasteiger partial charge in [0, 0.05) is 26.2 Å². The first-order valence-electron chi connectivity index (χ1n) is 3.96. The van der Waals surface area contributed by atoms with E-state index in [2.05, 4.69) is 19.9 Å². The lowest BCUT2D eigenvalue weighted by molar-refractivity contribution is -0.0699. The van der Waals surface area contributed by atoms with Crippen LogP contribution in [0.3, 0.4) is 0 Å². The van der Waals surface area contributed by atoms with Gasteiger partial charge >= 0.3 is 0 Å². The van der Waals surface area contributed by atoms with Gasteiger partial charge in [-0.2, -0.15) is 10.2 Å². The van der Waals surface area contributed by atoms with Gasteiger partial charge in [0.15, 0.2) is 0 Å². The number of rotatable bonds is 3. The first kappa shape index (κ1) is 10.3. The van der Waals surface area contributed by atoms with Gasteiger partial charge in [0.05, 0.1) is 0 Å².